The molecular formula is C18H20FN5. The maximum Gasteiger partial charge on any atom is 0.178 e. The molecule has 3 aromatic rings. The van der Waals surface area contributed by atoms with Crippen LogP contribution in [0, 0.1) is 5.82 Å². The van der Waals surface area contributed by atoms with Gasteiger partial charge in [0.05, 0.1) is 0 Å². The number of hydrogen-bond acceptors (Lipinski definition) is 4. The molecule has 0 spiro atoms. The third-order valence-corrected chi connectivity index (χ3v) is 4.55. The Morgan fingerprint density at radius 3 is 2.79 bits per heavy atom. The maximum absolute atomic E-state index is 13.5. The first-order valence-corrected chi connectivity index (χ1v) is 8.25. The predicted molar refractivity (Wildman–Crippen MR) is 90.7 cm³/mol. The Morgan fingerprint density at radius 1 is 1.21 bits per heavy atom. The van der Waals surface area contributed by atoms with Crippen LogP contribution in [0.2, 0.25) is 0 Å². The van der Waals surface area contributed by atoms with Gasteiger partial charge in [0, 0.05) is 17.9 Å². The summed E-state index contributed by atoms with van der Waals surface area (Å²) in [6.07, 6.45) is 2.32. The fourth-order valence-electron chi connectivity index (χ4n) is 2.82. The highest BCUT2D eigenvalue weighted by atomic mass is 19.1. The zero-order valence-electron chi connectivity index (χ0n) is 13.8. The minimum Gasteiger partial charge on any atom is -0.368 e. The number of aromatic nitrogens is 4. The summed E-state index contributed by atoms with van der Waals surface area (Å²) in [6.45, 7) is 4.82. The number of hydrogen-bond donors (Lipinski definition) is 1. The van der Waals surface area contributed by atoms with Gasteiger partial charge in [-0.2, -0.15) is 4.52 Å². The van der Waals surface area contributed by atoms with Gasteiger partial charge in [-0.05, 0) is 42.7 Å². The van der Waals surface area contributed by atoms with Gasteiger partial charge in [0.15, 0.2) is 11.5 Å². The lowest BCUT2D eigenvalue weighted by Gasteiger charge is -2.26. The van der Waals surface area contributed by atoms with Crippen LogP contribution in [0.25, 0.3) is 5.65 Å². The van der Waals surface area contributed by atoms with Gasteiger partial charge in [-0.15, -0.1) is 15.3 Å². The first-order chi connectivity index (χ1) is 11.5. The second-order valence-electron chi connectivity index (χ2n) is 7.07. The van der Waals surface area contributed by atoms with Crippen LogP contribution < -0.4 is 5.32 Å². The molecule has 2 heterocycles. The summed E-state index contributed by atoms with van der Waals surface area (Å²) in [4.78, 5) is 0. The predicted octanol–water partition coefficient (Wildman–Crippen LogP) is 3.53. The third-order valence-electron chi connectivity index (χ3n) is 4.55. The van der Waals surface area contributed by atoms with Crippen molar-refractivity contribution in [3.63, 3.8) is 0 Å². The van der Waals surface area contributed by atoms with Crippen LogP contribution in [0.15, 0.2) is 36.4 Å². The van der Waals surface area contributed by atoms with Crippen molar-refractivity contribution in [2.75, 3.05) is 11.9 Å². The number of benzene rings is 1. The number of anilines is 1. The van der Waals surface area contributed by atoms with Crippen molar-refractivity contribution in [1.29, 1.82) is 0 Å². The number of rotatable bonds is 5. The van der Waals surface area contributed by atoms with Gasteiger partial charge in [0.2, 0.25) is 0 Å². The van der Waals surface area contributed by atoms with Crippen LogP contribution in [0.4, 0.5) is 10.2 Å². The van der Waals surface area contributed by atoms with E-state index in [1.807, 2.05) is 22.7 Å². The standard InChI is InChI=1S/C18H20FN5/c1-18(2,13-4-3-5-14(19)10-13)11-20-15-8-9-16-21-22-17(12-6-7-12)24(16)23-15/h3-5,8-10,12H,6-7,11H2,1-2H3,(H,20,23). The summed E-state index contributed by atoms with van der Waals surface area (Å²) in [6, 6.07) is 10.6. The molecule has 0 aliphatic heterocycles. The molecule has 5 nitrogen and oxygen atoms in total. The highest BCUT2D eigenvalue weighted by molar-refractivity contribution is 5.45. The lowest BCUT2D eigenvalue weighted by molar-refractivity contribution is 0.545. The molecule has 24 heavy (non-hydrogen) atoms. The average molecular weight is 325 g/mol. The topological polar surface area (TPSA) is 55.1 Å². The van der Waals surface area contributed by atoms with E-state index in [0.29, 0.717) is 12.5 Å². The second kappa shape index (κ2) is 5.54. The molecular weight excluding hydrogens is 305 g/mol. The minimum atomic E-state index is -0.217. The van der Waals surface area contributed by atoms with Gasteiger partial charge in [-0.25, -0.2) is 4.39 Å². The molecule has 124 valence electrons. The molecule has 0 radical (unpaired) electrons. The van der Waals surface area contributed by atoms with Crippen LogP contribution in [0.1, 0.15) is 44.0 Å². The first-order valence-electron chi connectivity index (χ1n) is 8.25. The molecule has 2 aromatic heterocycles. The largest absolute Gasteiger partial charge is 0.368 e. The smallest absolute Gasteiger partial charge is 0.178 e. The van der Waals surface area contributed by atoms with Crippen molar-refractivity contribution < 1.29 is 4.39 Å². The van der Waals surface area contributed by atoms with Gasteiger partial charge in [0.1, 0.15) is 11.6 Å². The molecule has 0 unspecified atom stereocenters. The maximum atomic E-state index is 13.5. The van der Waals surface area contributed by atoms with Crippen LogP contribution in [-0.4, -0.2) is 26.4 Å². The van der Waals surface area contributed by atoms with E-state index in [1.54, 1.807) is 12.1 Å². The zero-order valence-corrected chi connectivity index (χ0v) is 13.8. The molecule has 6 heteroatoms. The molecule has 0 saturated heterocycles. The summed E-state index contributed by atoms with van der Waals surface area (Å²) in [5.74, 6) is 2.00. The Kier molecular flexibility index (Phi) is 3.48. The van der Waals surface area contributed by atoms with E-state index in [0.717, 1.165) is 35.7 Å². The minimum absolute atomic E-state index is 0.210. The molecule has 1 fully saturated rings. The fraction of sp³-hybridized carbons (Fsp3) is 0.389. The quantitative estimate of drug-likeness (QED) is 0.780. The van der Waals surface area contributed by atoms with E-state index in [-0.39, 0.29) is 11.2 Å². The zero-order chi connectivity index (χ0) is 16.7. The van der Waals surface area contributed by atoms with Gasteiger partial charge >= 0.3 is 0 Å². The van der Waals surface area contributed by atoms with Crippen molar-refractivity contribution in [3.8, 4) is 0 Å². The van der Waals surface area contributed by atoms with Crippen LogP contribution in [-0.2, 0) is 5.41 Å². The van der Waals surface area contributed by atoms with Crippen LogP contribution in [0.5, 0.6) is 0 Å². The van der Waals surface area contributed by atoms with E-state index in [9.17, 15) is 4.39 Å². The molecule has 0 bridgehead atoms. The molecule has 0 amide bonds. The van der Waals surface area contributed by atoms with Gasteiger partial charge in [-0.1, -0.05) is 26.0 Å². The number of fused-ring (bicyclic) bond motifs is 1. The average Bonchev–Trinajstić information content (AvgIpc) is 3.32. The summed E-state index contributed by atoms with van der Waals surface area (Å²) < 4.78 is 15.3. The van der Waals surface area contributed by atoms with E-state index in [2.05, 4.69) is 34.5 Å². The highest BCUT2D eigenvalue weighted by Crippen LogP contribution is 2.38. The Bertz CT molecular complexity index is 882. The lowest BCUT2D eigenvalue weighted by Crippen LogP contribution is -2.28. The van der Waals surface area contributed by atoms with E-state index in [4.69, 9.17) is 0 Å². The van der Waals surface area contributed by atoms with Gasteiger partial charge in [-0.3, -0.25) is 0 Å². The Balaban J connectivity index is 1.54. The molecule has 4 rings (SSSR count). The molecule has 1 aromatic carbocycles. The van der Waals surface area contributed by atoms with Gasteiger partial charge < -0.3 is 5.32 Å². The Labute approximate surface area is 139 Å². The van der Waals surface area contributed by atoms with Gasteiger partial charge in [0.25, 0.3) is 0 Å². The number of halogens is 1. The third kappa shape index (κ3) is 2.84. The molecule has 1 aliphatic rings. The van der Waals surface area contributed by atoms with Crippen molar-refractivity contribution in [3.05, 3.63) is 53.6 Å². The van der Waals surface area contributed by atoms with Crippen LogP contribution in [0.3, 0.4) is 0 Å². The SMILES string of the molecule is CC(C)(CNc1ccc2nnc(C3CC3)n2n1)c1cccc(F)c1. The second-order valence-corrected chi connectivity index (χ2v) is 7.07. The van der Waals surface area contributed by atoms with Crippen molar-refractivity contribution in [1.82, 2.24) is 19.8 Å². The molecule has 0 atom stereocenters. The summed E-state index contributed by atoms with van der Waals surface area (Å²) in [7, 11) is 0. The van der Waals surface area contributed by atoms with Crippen molar-refractivity contribution in [2.45, 2.75) is 38.0 Å². The van der Waals surface area contributed by atoms with E-state index >= 15 is 0 Å². The monoisotopic (exact) mass is 325 g/mol. The number of nitrogens with zero attached hydrogens (tertiary/aromatic N) is 4. The Morgan fingerprint density at radius 2 is 2.04 bits per heavy atom. The van der Waals surface area contributed by atoms with Crippen LogP contribution >= 0.6 is 0 Å². The molecule has 1 aliphatic carbocycles. The van der Waals surface area contributed by atoms with Crippen molar-refractivity contribution >= 4 is 11.5 Å². The summed E-state index contributed by atoms with van der Waals surface area (Å²) in [5.41, 5.74) is 1.51. The summed E-state index contributed by atoms with van der Waals surface area (Å²) >= 11 is 0. The van der Waals surface area contributed by atoms with E-state index in [1.165, 1.54) is 6.07 Å². The molecule has 1 saturated carbocycles. The fourth-order valence-corrected chi connectivity index (χ4v) is 2.82. The van der Waals surface area contributed by atoms with E-state index < -0.39 is 0 Å². The van der Waals surface area contributed by atoms with Crippen molar-refractivity contribution in [2.24, 2.45) is 0 Å². The molecule has 1 N–H and O–H groups in total. The normalized spacial score (nSPS) is 15.0. The highest BCUT2D eigenvalue weighted by Gasteiger charge is 2.29. The first kappa shape index (κ1) is 15.1. The summed E-state index contributed by atoms with van der Waals surface area (Å²) in [5, 5.41) is 16.4. The Hall–Kier alpha value is -2.50. The number of nitrogens with one attached hydrogen (secondary N) is 1. The lowest BCUT2D eigenvalue weighted by atomic mass is 9.84.